The highest BCUT2D eigenvalue weighted by atomic mass is 32.2. The molecular formula is C26H31N5O2S. The van der Waals surface area contributed by atoms with Crippen LogP contribution in [0.2, 0.25) is 0 Å². The molecule has 0 saturated carbocycles. The van der Waals surface area contributed by atoms with Gasteiger partial charge in [-0.05, 0) is 48.1 Å². The van der Waals surface area contributed by atoms with Gasteiger partial charge in [0, 0.05) is 38.4 Å². The zero-order chi connectivity index (χ0) is 24.2. The van der Waals surface area contributed by atoms with E-state index in [9.17, 15) is 9.59 Å². The van der Waals surface area contributed by atoms with Crippen molar-refractivity contribution in [1.82, 2.24) is 19.1 Å². The van der Waals surface area contributed by atoms with Gasteiger partial charge in [0.1, 0.15) is 18.2 Å². The number of hydrogen-bond donors (Lipinski definition) is 2. The van der Waals surface area contributed by atoms with E-state index in [1.54, 1.807) is 9.80 Å². The molecule has 8 heteroatoms. The van der Waals surface area contributed by atoms with Gasteiger partial charge in [0.25, 0.3) is 0 Å². The third-order valence-electron chi connectivity index (χ3n) is 6.20. The number of nitrogens with one attached hydrogen (secondary N) is 2. The van der Waals surface area contributed by atoms with E-state index < -0.39 is 6.04 Å². The second kappa shape index (κ2) is 10.4. The molecule has 4 rings (SSSR count). The molecule has 0 bridgehead atoms. The largest absolute Gasteiger partial charge is 0.363 e. The quantitative estimate of drug-likeness (QED) is 0.275. The minimum atomic E-state index is -0.503. The number of carbonyl (C=O) groups excluding carboxylic acids is 2. The molecule has 1 amide bonds. The first-order chi connectivity index (χ1) is 16.4. The van der Waals surface area contributed by atoms with Gasteiger partial charge in [-0.25, -0.2) is 4.31 Å². The number of allylic oxidation sites excluding steroid dienone is 3. The summed E-state index contributed by atoms with van der Waals surface area (Å²) in [6, 6.07) is 9.23. The predicted octanol–water partition coefficient (Wildman–Crippen LogP) is 3.73. The van der Waals surface area contributed by atoms with Crippen LogP contribution < -0.4 is 0 Å². The van der Waals surface area contributed by atoms with Crippen LogP contribution in [0.1, 0.15) is 35.7 Å². The molecule has 1 aromatic heterocycles. The van der Waals surface area contributed by atoms with Gasteiger partial charge in [0.15, 0.2) is 0 Å². The van der Waals surface area contributed by atoms with Gasteiger partial charge in [-0.15, -0.1) is 0 Å². The normalized spacial score (nSPS) is 18.3. The molecule has 34 heavy (non-hydrogen) atoms. The van der Waals surface area contributed by atoms with Crippen LogP contribution in [0.15, 0.2) is 53.1 Å². The molecule has 1 aromatic carbocycles. The van der Waals surface area contributed by atoms with E-state index >= 15 is 0 Å². The number of aldehydes is 1. The summed E-state index contributed by atoms with van der Waals surface area (Å²) in [5.41, 5.74) is 5.43. The molecular weight excluding hydrogens is 446 g/mol. The summed E-state index contributed by atoms with van der Waals surface area (Å²) in [6.45, 7) is 3.26. The third-order valence-corrected chi connectivity index (χ3v) is 7.15. The van der Waals surface area contributed by atoms with Crippen molar-refractivity contribution in [3.63, 3.8) is 0 Å². The van der Waals surface area contributed by atoms with Crippen LogP contribution in [0, 0.1) is 5.41 Å². The second-order valence-electron chi connectivity index (χ2n) is 8.82. The van der Waals surface area contributed by atoms with Crippen LogP contribution in [0.25, 0.3) is 6.08 Å². The molecule has 1 aliphatic carbocycles. The molecule has 178 valence electrons. The lowest BCUT2D eigenvalue weighted by Crippen LogP contribution is -2.54. The molecule has 2 heterocycles. The molecule has 2 aliphatic rings. The number of nitrogens with zero attached hydrogens (tertiary/aromatic N) is 3. The summed E-state index contributed by atoms with van der Waals surface area (Å²) in [4.78, 5) is 31.7. The van der Waals surface area contributed by atoms with E-state index in [-0.39, 0.29) is 12.5 Å². The fourth-order valence-corrected chi connectivity index (χ4v) is 5.20. The summed E-state index contributed by atoms with van der Waals surface area (Å²) < 4.78 is 1.96. The highest BCUT2D eigenvalue weighted by molar-refractivity contribution is 7.97. The lowest BCUT2D eigenvalue weighted by Gasteiger charge is -2.37. The van der Waals surface area contributed by atoms with Gasteiger partial charge in [-0.3, -0.25) is 10.2 Å². The van der Waals surface area contributed by atoms with Gasteiger partial charge in [-0.2, -0.15) is 0 Å². The van der Waals surface area contributed by atoms with Crippen LogP contribution >= 0.6 is 11.9 Å². The van der Waals surface area contributed by atoms with Crippen LogP contribution in [-0.4, -0.2) is 70.3 Å². The minimum Gasteiger partial charge on any atom is -0.363 e. The molecule has 1 aliphatic heterocycles. The molecule has 7 nitrogen and oxygen atoms in total. The zero-order valence-electron chi connectivity index (χ0n) is 19.9. The topological polar surface area (TPSA) is 83.5 Å². The first kappa shape index (κ1) is 24.0. The lowest BCUT2D eigenvalue weighted by atomic mass is 10.1. The van der Waals surface area contributed by atoms with Crippen LogP contribution in [-0.2, 0) is 22.6 Å². The van der Waals surface area contributed by atoms with Gasteiger partial charge in [0.05, 0.1) is 11.6 Å². The molecule has 0 radical (unpaired) electrons. The van der Waals surface area contributed by atoms with Crippen molar-refractivity contribution in [2.75, 3.05) is 27.2 Å². The molecule has 2 N–H and O–H groups in total. The zero-order valence-corrected chi connectivity index (χ0v) is 20.7. The Hall–Kier alpha value is -3.10. The highest BCUT2D eigenvalue weighted by Crippen LogP contribution is 2.30. The Morgan fingerprint density at radius 2 is 2.03 bits per heavy atom. The standard InChI is InChI=1S/C26H31N5O2S/c1-4-18-5-11-21-13-24(28-23(21)12-8-18)34-30-15-22(17-32)31(25(33)16-30)14-19-6-9-20(10-7-19)26(27)29(2)3/h5-10,12-13,17,22,27-28H,4,11,14-16H2,1-3H3. The van der Waals surface area contributed by atoms with Crippen LogP contribution in [0.3, 0.4) is 0 Å². The number of rotatable bonds is 7. The summed E-state index contributed by atoms with van der Waals surface area (Å²) in [5.74, 6) is 0.363. The first-order valence-corrected chi connectivity index (χ1v) is 12.3. The monoisotopic (exact) mass is 477 g/mol. The van der Waals surface area contributed by atoms with Crippen LogP contribution in [0.5, 0.6) is 0 Å². The van der Waals surface area contributed by atoms with E-state index in [2.05, 4.69) is 36.2 Å². The summed E-state index contributed by atoms with van der Waals surface area (Å²) >= 11 is 1.50. The Morgan fingerprint density at radius 1 is 1.26 bits per heavy atom. The Morgan fingerprint density at radius 3 is 2.71 bits per heavy atom. The number of hydrogen-bond acceptors (Lipinski definition) is 5. The van der Waals surface area contributed by atoms with Gasteiger partial charge in [-0.1, -0.05) is 48.9 Å². The smallest absolute Gasteiger partial charge is 0.238 e. The number of amidine groups is 1. The first-order valence-electron chi connectivity index (χ1n) is 11.5. The number of carbonyl (C=O) groups is 2. The third kappa shape index (κ3) is 5.34. The molecule has 1 atom stereocenters. The maximum atomic E-state index is 13.0. The fraction of sp³-hybridized carbons (Fsp3) is 0.346. The summed E-state index contributed by atoms with van der Waals surface area (Å²) in [5, 5.41) is 9.07. The van der Waals surface area contributed by atoms with E-state index in [1.807, 2.05) is 42.7 Å². The van der Waals surface area contributed by atoms with Crippen molar-refractivity contribution in [2.24, 2.45) is 0 Å². The fourth-order valence-electron chi connectivity index (χ4n) is 4.17. The maximum Gasteiger partial charge on any atom is 0.238 e. The van der Waals surface area contributed by atoms with Crippen LogP contribution in [0.4, 0.5) is 0 Å². The predicted molar refractivity (Wildman–Crippen MR) is 137 cm³/mol. The van der Waals surface area contributed by atoms with E-state index in [0.29, 0.717) is 18.9 Å². The Labute approximate surface area is 205 Å². The maximum absolute atomic E-state index is 13.0. The van der Waals surface area contributed by atoms with Crippen molar-refractivity contribution in [3.05, 3.63) is 70.4 Å². The summed E-state index contributed by atoms with van der Waals surface area (Å²) in [6.07, 6.45) is 9.29. The Kier molecular flexibility index (Phi) is 7.38. The van der Waals surface area contributed by atoms with E-state index in [4.69, 9.17) is 5.41 Å². The second-order valence-corrected chi connectivity index (χ2v) is 9.96. The number of H-pyrrole nitrogens is 1. The van der Waals surface area contributed by atoms with Crippen molar-refractivity contribution in [1.29, 1.82) is 5.41 Å². The van der Waals surface area contributed by atoms with Gasteiger partial charge < -0.3 is 19.6 Å². The number of piperazine rings is 1. The Bertz CT molecular complexity index is 1130. The van der Waals surface area contributed by atoms with Crippen molar-refractivity contribution in [3.8, 4) is 0 Å². The van der Waals surface area contributed by atoms with Crippen molar-refractivity contribution in [2.45, 2.75) is 37.4 Å². The van der Waals surface area contributed by atoms with Crippen molar-refractivity contribution >= 4 is 36.1 Å². The number of fused-ring (bicyclic) bond motifs is 1. The van der Waals surface area contributed by atoms with E-state index in [0.717, 1.165) is 41.0 Å². The highest BCUT2D eigenvalue weighted by Gasteiger charge is 2.33. The average molecular weight is 478 g/mol. The van der Waals surface area contributed by atoms with Gasteiger partial charge >= 0.3 is 0 Å². The Balaban J connectivity index is 1.40. The number of benzene rings is 1. The SMILES string of the molecule is CCC1=CCc2cc(SN3CC(=O)N(Cc4ccc(C(=N)N(C)C)cc4)C(C=O)C3)[nH]c2C=C1. The molecule has 1 saturated heterocycles. The number of aromatic amines is 1. The van der Waals surface area contributed by atoms with Gasteiger partial charge in [0.2, 0.25) is 5.91 Å². The summed E-state index contributed by atoms with van der Waals surface area (Å²) in [7, 11) is 3.67. The molecule has 0 spiro atoms. The van der Waals surface area contributed by atoms with Crippen molar-refractivity contribution < 1.29 is 9.59 Å². The number of amides is 1. The molecule has 2 aromatic rings. The molecule has 1 unspecified atom stereocenters. The lowest BCUT2D eigenvalue weighted by molar-refractivity contribution is -0.141. The average Bonchev–Trinajstić information content (AvgIpc) is 3.11. The minimum absolute atomic E-state index is 0.0653. The number of aromatic nitrogens is 1. The van der Waals surface area contributed by atoms with E-state index in [1.165, 1.54) is 23.1 Å². The molecule has 1 fully saturated rings.